The van der Waals surface area contributed by atoms with Crippen LogP contribution in [0.5, 0.6) is 0 Å². The lowest BCUT2D eigenvalue weighted by Crippen LogP contribution is -2.20. The smallest absolute Gasteiger partial charge is 0.0665 e. The highest BCUT2D eigenvalue weighted by molar-refractivity contribution is 5.98. The molecule has 0 N–H and O–H groups in total. The summed E-state index contributed by atoms with van der Waals surface area (Å²) in [4.78, 5) is 17.9. The van der Waals surface area contributed by atoms with Crippen LogP contribution >= 0.6 is 0 Å². The van der Waals surface area contributed by atoms with Crippen LogP contribution in [0.1, 0.15) is 315 Å². The molecule has 20 rings (SSSR count). The van der Waals surface area contributed by atoms with Crippen LogP contribution in [0.25, 0.3) is 32.3 Å². The Labute approximate surface area is 805 Å². The first-order chi connectivity index (χ1) is 62.2. The summed E-state index contributed by atoms with van der Waals surface area (Å²) in [6.07, 6.45) is 18.4. The molecule has 4 heterocycles. The molecule has 13 aromatic rings. The number of fused-ring (bicyclic) bond motifs is 10. The van der Waals surface area contributed by atoms with Crippen molar-refractivity contribution >= 4 is 78.9 Å². The molecule has 7 aliphatic rings. The molecule has 13 aromatic carbocycles. The number of aryl methyl sites for hydroxylation is 4. The zero-order valence-corrected chi connectivity index (χ0v) is 87.5. The summed E-state index contributed by atoms with van der Waals surface area (Å²) < 4.78 is 0. The third-order valence-corrected chi connectivity index (χ3v) is 27.0. The fraction of sp³-hybridized carbons (Fsp3) is 0.411. The molecule has 4 nitrogen and oxygen atoms in total. The average Bonchev–Trinajstić information content (AvgIpc) is 1.46. The molecule has 0 unspecified atom stereocenters. The number of para-hydroxylation sites is 2. The molecule has 0 atom stereocenters. The fourth-order valence-corrected chi connectivity index (χ4v) is 17.5. The van der Waals surface area contributed by atoms with Crippen LogP contribution in [0.3, 0.4) is 0 Å². The van der Waals surface area contributed by atoms with E-state index >= 15 is 0 Å². The molecule has 4 aliphatic heterocycles. The Hall–Kier alpha value is -10.7. The van der Waals surface area contributed by atoms with E-state index in [1.54, 1.807) is 33.4 Å². The van der Waals surface area contributed by atoms with E-state index in [0.29, 0.717) is 16.2 Å². The molecule has 0 bridgehead atoms. The van der Waals surface area contributed by atoms with Gasteiger partial charge in [0.25, 0.3) is 0 Å². The number of hydrogen-bond donors (Lipinski definition) is 0. The van der Waals surface area contributed by atoms with Crippen molar-refractivity contribution in [3.63, 3.8) is 0 Å². The van der Waals surface area contributed by atoms with E-state index in [1.807, 2.05) is 24.6 Å². The SMILES string of the molecule is CC(C)(C)C1=Nc2ccccc2C1.CC(C)(C)C1=Nc2ccccc2C1.CC(C)(C)C1Cc2ccccc2C1.CC(C)(C)c1ccc2c(c1)CC=N2.CC(C)(C)c1ccc2c(c1)CCC2.CC(C)(C)c1ccc2c(c1)CCC2.CC(C)(C)c1ccc2c(c1)N=CC2.CC(C)(C)c1ccc2ccccc2c1.CC(C)(C)c1ccc2ccccc2c1.CC(C)(C)c1ccc2ccccc2c1. The zero-order chi connectivity index (χ0) is 96.9. The Morgan fingerprint density at radius 1 is 0.203 bits per heavy atom. The van der Waals surface area contributed by atoms with Crippen molar-refractivity contribution in [3.8, 4) is 0 Å². The first kappa shape index (κ1) is 103. The van der Waals surface area contributed by atoms with E-state index in [9.17, 15) is 0 Å². The Morgan fingerprint density at radius 3 is 0.812 bits per heavy atom. The van der Waals surface area contributed by atoms with E-state index in [0.717, 1.165) is 54.4 Å². The van der Waals surface area contributed by atoms with Gasteiger partial charge in [0, 0.05) is 60.4 Å². The van der Waals surface area contributed by atoms with Crippen LogP contribution in [0.4, 0.5) is 22.7 Å². The van der Waals surface area contributed by atoms with Gasteiger partial charge in [0.15, 0.2) is 0 Å². The standard InChI is InChI=1S/3C14H16.3C13H18.4C12H15N/c3*1-14(2,3)13-9-8-11-6-4-5-7-12(11)10-13;2*1-13(2,3)12-8-7-10-5-4-6-11(10)9-12;1-13(2,3)12-8-10-6-4-5-7-11(10)9-12;1-12(2,3)10-4-5-11-9(8-10)6-7-13-11;1-12(2,3)10-5-4-9-6-7-13-11(9)8-10;2*1-12(2,3)11-8-9-6-4-5-7-10(9)13-11/h3*4-10H,1-3H3;2*7-9H,4-6H2,1-3H3;4-7,12H,8-9H2,1-3H3;2*4-5,7-8H,6H2,1-3H3;2*4-7H,8H2,1-3H3. The molecule has 0 aromatic heterocycles. The molecule has 133 heavy (non-hydrogen) atoms. The van der Waals surface area contributed by atoms with Crippen molar-refractivity contribution in [2.24, 2.45) is 42.1 Å². The molecule has 0 fully saturated rings. The van der Waals surface area contributed by atoms with Crippen LogP contribution in [0.15, 0.2) is 293 Å². The minimum absolute atomic E-state index is 0.207. The van der Waals surface area contributed by atoms with Crippen LogP contribution in [-0.4, -0.2) is 23.9 Å². The van der Waals surface area contributed by atoms with Crippen molar-refractivity contribution in [1.82, 2.24) is 0 Å². The van der Waals surface area contributed by atoms with E-state index in [2.05, 4.69) is 489 Å². The second-order valence-corrected chi connectivity index (χ2v) is 48.3. The zero-order valence-electron chi connectivity index (χ0n) is 87.5. The normalized spacial score (nSPS) is 14.5. The Kier molecular flexibility index (Phi) is 33.2. The molecule has 0 radical (unpaired) electrons. The van der Waals surface area contributed by atoms with Crippen LogP contribution in [0.2, 0.25) is 0 Å². The monoisotopic (exact) mass is 1770 g/mol. The van der Waals surface area contributed by atoms with Gasteiger partial charge in [-0.15, -0.1) is 0 Å². The molecule has 0 amide bonds. The number of benzene rings is 13. The molecule has 0 saturated carbocycles. The predicted octanol–water partition coefficient (Wildman–Crippen LogP) is 36.0. The summed E-state index contributed by atoms with van der Waals surface area (Å²) >= 11 is 0. The molecular formula is C129H162N4. The maximum Gasteiger partial charge on any atom is 0.0665 e. The Balaban J connectivity index is 0.000000142. The van der Waals surface area contributed by atoms with Crippen LogP contribution in [-0.2, 0) is 102 Å². The quantitative estimate of drug-likeness (QED) is 0.145. The number of rotatable bonds is 0. The van der Waals surface area contributed by atoms with Gasteiger partial charge >= 0.3 is 0 Å². The van der Waals surface area contributed by atoms with Crippen LogP contribution in [0, 0.1) is 22.2 Å². The highest BCUT2D eigenvalue weighted by Crippen LogP contribution is 2.41. The first-order valence-corrected chi connectivity index (χ1v) is 49.7. The molecule has 0 spiro atoms. The third kappa shape index (κ3) is 29.4. The summed E-state index contributed by atoms with van der Waals surface area (Å²) in [5, 5.41) is 7.96. The average molecular weight is 1770 g/mol. The first-order valence-electron chi connectivity index (χ1n) is 49.7. The Bertz CT molecular complexity index is 5800. The summed E-state index contributed by atoms with van der Waals surface area (Å²) in [5.41, 5.74) is 34.8. The molecular weight excluding hydrogens is 1610 g/mol. The molecule has 3 aliphatic carbocycles. The lowest BCUT2D eigenvalue weighted by atomic mass is 9.79. The highest BCUT2D eigenvalue weighted by atomic mass is 14.8. The van der Waals surface area contributed by atoms with Crippen LogP contribution < -0.4 is 0 Å². The van der Waals surface area contributed by atoms with Gasteiger partial charge in [-0.05, 0) is 252 Å². The van der Waals surface area contributed by atoms with Crippen molar-refractivity contribution in [3.05, 3.63) is 368 Å². The van der Waals surface area contributed by atoms with Gasteiger partial charge in [-0.25, -0.2) is 0 Å². The van der Waals surface area contributed by atoms with E-state index in [1.165, 1.54) is 156 Å². The minimum Gasteiger partial charge on any atom is -0.261 e. The van der Waals surface area contributed by atoms with Gasteiger partial charge in [0.05, 0.1) is 22.7 Å². The third-order valence-electron chi connectivity index (χ3n) is 27.0. The van der Waals surface area contributed by atoms with Gasteiger partial charge in [-0.1, -0.05) is 456 Å². The maximum absolute atomic E-state index is 4.64. The highest BCUT2D eigenvalue weighted by Gasteiger charge is 2.32. The summed E-state index contributed by atoms with van der Waals surface area (Å²) in [5.74, 6) is 0.838. The van der Waals surface area contributed by atoms with Gasteiger partial charge in [0.1, 0.15) is 0 Å². The van der Waals surface area contributed by atoms with E-state index in [-0.39, 0.29) is 37.9 Å². The molecule has 698 valence electrons. The topological polar surface area (TPSA) is 49.4 Å². The number of hydrogen-bond acceptors (Lipinski definition) is 4. The van der Waals surface area contributed by atoms with Gasteiger partial charge in [-0.2, -0.15) is 0 Å². The Morgan fingerprint density at radius 2 is 0.474 bits per heavy atom. The van der Waals surface area contributed by atoms with Crippen molar-refractivity contribution in [1.29, 1.82) is 0 Å². The van der Waals surface area contributed by atoms with Crippen molar-refractivity contribution < 1.29 is 0 Å². The largest absolute Gasteiger partial charge is 0.261 e. The van der Waals surface area contributed by atoms with Gasteiger partial charge in [0.2, 0.25) is 0 Å². The second-order valence-electron chi connectivity index (χ2n) is 48.3. The van der Waals surface area contributed by atoms with E-state index in [4.69, 9.17) is 0 Å². The number of aliphatic imine (C=N–C) groups is 4. The maximum atomic E-state index is 4.64. The summed E-state index contributed by atoms with van der Waals surface area (Å²) in [7, 11) is 0. The summed E-state index contributed by atoms with van der Waals surface area (Å²) in [6, 6.07) is 98.5. The minimum atomic E-state index is 0.207. The van der Waals surface area contributed by atoms with E-state index < -0.39 is 0 Å². The summed E-state index contributed by atoms with van der Waals surface area (Å²) in [6.45, 7) is 67.7. The fourth-order valence-electron chi connectivity index (χ4n) is 17.5. The van der Waals surface area contributed by atoms with Gasteiger partial charge in [-0.3, -0.25) is 20.0 Å². The molecule has 4 heteroatoms. The van der Waals surface area contributed by atoms with Crippen molar-refractivity contribution in [2.75, 3.05) is 0 Å². The lowest BCUT2D eigenvalue weighted by molar-refractivity contribution is 0.251. The second kappa shape index (κ2) is 42.9. The lowest BCUT2D eigenvalue weighted by Gasteiger charge is -2.26. The van der Waals surface area contributed by atoms with Gasteiger partial charge < -0.3 is 0 Å². The predicted molar refractivity (Wildman–Crippen MR) is 586 cm³/mol. The molecule has 0 saturated heterocycles. The van der Waals surface area contributed by atoms with Crippen molar-refractivity contribution in [2.45, 2.75) is 323 Å². The number of nitrogens with zero attached hydrogens (tertiary/aromatic N) is 4.